The highest BCUT2D eigenvalue weighted by atomic mass is 127. The quantitative estimate of drug-likeness (QED) is 0.284. The van der Waals surface area contributed by atoms with Crippen LogP contribution < -0.4 is 10.6 Å². The molecule has 2 heterocycles. The van der Waals surface area contributed by atoms with Crippen LogP contribution in [0.25, 0.3) is 0 Å². The number of aliphatic imine (C=N–C) groups is 1. The Morgan fingerprint density at radius 3 is 2.35 bits per heavy atom. The number of likely N-dealkylation sites (N-methyl/N-ethyl adjacent to an activating group) is 1. The van der Waals surface area contributed by atoms with Gasteiger partial charge in [-0.15, -0.1) is 24.0 Å². The number of guanidine groups is 1. The maximum atomic E-state index is 12.0. The normalized spacial score (nSPS) is 22.6. The molecule has 2 aliphatic heterocycles. The van der Waals surface area contributed by atoms with Crippen LogP contribution >= 0.6 is 24.0 Å². The SMILES string of the molecule is CN(C)C(=O)CN=C(NCCN1CCOCC1)NC1CCN(C2CCCCC2)CC1.I. The van der Waals surface area contributed by atoms with E-state index in [1.807, 2.05) is 0 Å². The molecule has 3 fully saturated rings. The van der Waals surface area contributed by atoms with Crippen LogP contribution in [0.5, 0.6) is 0 Å². The molecule has 2 saturated heterocycles. The number of hydrogen-bond donors (Lipinski definition) is 2. The number of piperidine rings is 1. The Labute approximate surface area is 205 Å². The Morgan fingerprint density at radius 2 is 1.71 bits per heavy atom. The van der Waals surface area contributed by atoms with Crippen LogP contribution in [0.15, 0.2) is 4.99 Å². The Bertz CT molecular complexity index is 542. The van der Waals surface area contributed by atoms with Crippen LogP contribution in [-0.2, 0) is 9.53 Å². The fraction of sp³-hybridized carbons (Fsp3) is 0.909. The average Bonchev–Trinajstić information content (AvgIpc) is 2.79. The van der Waals surface area contributed by atoms with Crippen molar-refractivity contribution < 1.29 is 9.53 Å². The van der Waals surface area contributed by atoms with Gasteiger partial charge in [0.1, 0.15) is 6.54 Å². The minimum absolute atomic E-state index is 0. The number of likely N-dealkylation sites (tertiary alicyclic amines) is 1. The van der Waals surface area contributed by atoms with Gasteiger partial charge in [-0.2, -0.15) is 0 Å². The summed E-state index contributed by atoms with van der Waals surface area (Å²) in [6.45, 7) is 7.91. The van der Waals surface area contributed by atoms with Crippen molar-refractivity contribution in [1.29, 1.82) is 0 Å². The molecule has 8 nitrogen and oxygen atoms in total. The predicted octanol–water partition coefficient (Wildman–Crippen LogP) is 1.36. The number of carbonyl (C=O) groups excluding carboxylic acids is 1. The molecule has 0 spiro atoms. The molecule has 1 saturated carbocycles. The Kier molecular flexibility index (Phi) is 12.4. The van der Waals surface area contributed by atoms with Gasteiger partial charge in [0.15, 0.2) is 5.96 Å². The molecule has 0 aromatic rings. The van der Waals surface area contributed by atoms with Crippen molar-refractivity contribution in [3.63, 3.8) is 0 Å². The summed E-state index contributed by atoms with van der Waals surface area (Å²) < 4.78 is 5.42. The van der Waals surface area contributed by atoms with Gasteiger partial charge in [-0.3, -0.25) is 9.69 Å². The van der Waals surface area contributed by atoms with E-state index < -0.39 is 0 Å². The Hall–Kier alpha value is -0.650. The van der Waals surface area contributed by atoms with Gasteiger partial charge >= 0.3 is 0 Å². The monoisotopic (exact) mass is 550 g/mol. The zero-order valence-electron chi connectivity index (χ0n) is 19.5. The second-order valence-corrected chi connectivity index (χ2v) is 9.08. The highest BCUT2D eigenvalue weighted by molar-refractivity contribution is 14.0. The summed E-state index contributed by atoms with van der Waals surface area (Å²) in [5.74, 6) is 0.797. The van der Waals surface area contributed by atoms with Gasteiger partial charge in [0, 0.05) is 65.4 Å². The van der Waals surface area contributed by atoms with Crippen LogP contribution in [-0.4, -0.2) is 112 Å². The standard InChI is InChI=1S/C22H42N6O2.HI/c1-26(2)21(29)18-24-22(23-10-13-27-14-16-30-17-15-27)25-19-8-11-28(12-9-19)20-6-4-3-5-7-20;/h19-20H,3-18H2,1-2H3,(H2,23,24,25);1H. The first-order valence-electron chi connectivity index (χ1n) is 11.9. The largest absolute Gasteiger partial charge is 0.379 e. The van der Waals surface area contributed by atoms with Crippen LogP contribution in [0.1, 0.15) is 44.9 Å². The zero-order chi connectivity index (χ0) is 21.2. The van der Waals surface area contributed by atoms with Gasteiger partial charge in [-0.1, -0.05) is 19.3 Å². The molecular weight excluding hydrogens is 507 g/mol. The van der Waals surface area contributed by atoms with Gasteiger partial charge in [-0.25, -0.2) is 4.99 Å². The lowest BCUT2D eigenvalue weighted by Gasteiger charge is -2.39. The van der Waals surface area contributed by atoms with Gasteiger partial charge in [0.25, 0.3) is 0 Å². The van der Waals surface area contributed by atoms with Crippen LogP contribution in [0.2, 0.25) is 0 Å². The van der Waals surface area contributed by atoms with Crippen molar-refractivity contribution in [1.82, 2.24) is 25.3 Å². The first kappa shape index (κ1) is 26.6. The molecule has 3 rings (SSSR count). The Morgan fingerprint density at radius 1 is 1.03 bits per heavy atom. The topological polar surface area (TPSA) is 72.4 Å². The van der Waals surface area contributed by atoms with Gasteiger partial charge in [0.05, 0.1) is 13.2 Å². The Balaban J connectivity index is 0.00000341. The van der Waals surface area contributed by atoms with Crippen molar-refractivity contribution in [2.24, 2.45) is 4.99 Å². The molecule has 1 aliphatic carbocycles. The minimum atomic E-state index is 0. The van der Waals surface area contributed by atoms with Crippen LogP contribution in [0, 0.1) is 0 Å². The second-order valence-electron chi connectivity index (χ2n) is 9.08. The van der Waals surface area contributed by atoms with Crippen molar-refractivity contribution in [2.75, 3.05) is 73.1 Å². The number of rotatable bonds is 7. The van der Waals surface area contributed by atoms with E-state index in [9.17, 15) is 4.79 Å². The maximum absolute atomic E-state index is 12.0. The lowest BCUT2D eigenvalue weighted by atomic mass is 9.92. The summed E-state index contributed by atoms with van der Waals surface area (Å²) >= 11 is 0. The molecule has 0 aromatic heterocycles. The second kappa shape index (κ2) is 14.5. The molecule has 0 atom stereocenters. The number of nitrogens with one attached hydrogen (secondary N) is 2. The third-order valence-corrected chi connectivity index (χ3v) is 6.66. The van der Waals surface area contributed by atoms with E-state index in [-0.39, 0.29) is 36.4 Å². The number of amides is 1. The lowest BCUT2D eigenvalue weighted by Crippen LogP contribution is -2.52. The summed E-state index contributed by atoms with van der Waals surface area (Å²) in [4.78, 5) is 23.3. The maximum Gasteiger partial charge on any atom is 0.243 e. The lowest BCUT2D eigenvalue weighted by molar-refractivity contribution is -0.127. The number of nitrogens with zero attached hydrogens (tertiary/aromatic N) is 4. The van der Waals surface area contributed by atoms with E-state index >= 15 is 0 Å². The zero-order valence-corrected chi connectivity index (χ0v) is 21.8. The number of halogens is 1. The fourth-order valence-electron chi connectivity index (χ4n) is 4.65. The van der Waals surface area contributed by atoms with Crippen LogP contribution in [0.3, 0.4) is 0 Å². The van der Waals surface area contributed by atoms with Gasteiger partial charge in [-0.05, 0) is 25.7 Å². The molecule has 0 aromatic carbocycles. The summed E-state index contributed by atoms with van der Waals surface area (Å²) in [6, 6.07) is 1.23. The van der Waals surface area contributed by atoms with E-state index in [0.29, 0.717) is 6.04 Å². The molecule has 0 radical (unpaired) electrons. The number of ether oxygens (including phenoxy) is 1. The summed E-state index contributed by atoms with van der Waals surface area (Å²) in [7, 11) is 3.55. The van der Waals surface area contributed by atoms with E-state index in [4.69, 9.17) is 4.74 Å². The first-order valence-corrected chi connectivity index (χ1v) is 11.9. The highest BCUT2D eigenvalue weighted by Gasteiger charge is 2.26. The first-order chi connectivity index (χ1) is 14.6. The van der Waals surface area contributed by atoms with E-state index in [0.717, 1.165) is 64.2 Å². The number of hydrogen-bond acceptors (Lipinski definition) is 5. The molecule has 180 valence electrons. The van der Waals surface area contributed by atoms with Gasteiger partial charge in [0.2, 0.25) is 5.91 Å². The summed E-state index contributed by atoms with van der Waals surface area (Å²) in [6.07, 6.45) is 9.24. The predicted molar refractivity (Wildman–Crippen MR) is 136 cm³/mol. The van der Waals surface area contributed by atoms with E-state index in [2.05, 4.69) is 25.4 Å². The molecule has 3 aliphatic rings. The molecule has 0 unspecified atom stereocenters. The smallest absolute Gasteiger partial charge is 0.243 e. The van der Waals surface area contributed by atoms with Crippen molar-refractivity contribution >= 4 is 35.8 Å². The molecule has 1 amide bonds. The molecule has 2 N–H and O–H groups in total. The van der Waals surface area contributed by atoms with Crippen molar-refractivity contribution in [3.8, 4) is 0 Å². The number of carbonyl (C=O) groups is 1. The van der Waals surface area contributed by atoms with Gasteiger partial charge < -0.3 is 25.2 Å². The third-order valence-electron chi connectivity index (χ3n) is 6.66. The summed E-state index contributed by atoms with van der Waals surface area (Å²) in [5.41, 5.74) is 0. The van der Waals surface area contributed by atoms with E-state index in [1.54, 1.807) is 19.0 Å². The van der Waals surface area contributed by atoms with Crippen LogP contribution in [0.4, 0.5) is 0 Å². The summed E-state index contributed by atoms with van der Waals surface area (Å²) in [5, 5.41) is 7.07. The molecule has 0 bridgehead atoms. The van der Waals surface area contributed by atoms with Crippen molar-refractivity contribution in [3.05, 3.63) is 0 Å². The molecule has 31 heavy (non-hydrogen) atoms. The number of morpholine rings is 1. The van der Waals surface area contributed by atoms with Crippen molar-refractivity contribution in [2.45, 2.75) is 57.0 Å². The highest BCUT2D eigenvalue weighted by Crippen LogP contribution is 2.25. The minimum Gasteiger partial charge on any atom is -0.379 e. The molecule has 9 heteroatoms. The molecular formula is C22H43IN6O2. The fourth-order valence-corrected chi connectivity index (χ4v) is 4.65. The third kappa shape index (κ3) is 9.39. The average molecular weight is 551 g/mol. The van der Waals surface area contributed by atoms with E-state index in [1.165, 1.54) is 45.2 Å².